The minimum absolute atomic E-state index is 0.00112. The number of hydrogen-bond donors (Lipinski definition) is 1. The fourth-order valence-corrected chi connectivity index (χ4v) is 4.54. The van der Waals surface area contributed by atoms with Crippen LogP contribution < -0.4 is 5.56 Å². The summed E-state index contributed by atoms with van der Waals surface area (Å²) in [5, 5.41) is 8.84. The molecule has 10 heteroatoms. The summed E-state index contributed by atoms with van der Waals surface area (Å²) in [6.45, 7) is 8.98. The fourth-order valence-electron chi connectivity index (χ4n) is 4.54. The average Bonchev–Trinajstić information content (AvgIpc) is 3.15. The number of aliphatic hydroxyl groups is 1. The largest absolute Gasteiger partial charge is 0.457 e. The van der Waals surface area contributed by atoms with Gasteiger partial charge in [0, 0.05) is 43.4 Å². The minimum Gasteiger partial charge on any atom is -0.457 e. The molecule has 2 heterocycles. The maximum atomic E-state index is 13.9. The normalized spacial score (nSPS) is 19.1. The molecule has 0 aliphatic carbocycles. The van der Waals surface area contributed by atoms with E-state index >= 15 is 0 Å². The number of benzene rings is 1. The molecular formula is C28H38N2O8. The second-order valence-electron chi connectivity index (χ2n) is 8.76. The summed E-state index contributed by atoms with van der Waals surface area (Å²) in [7, 11) is 1.83. The number of carbonyl (C=O) groups excluding carboxylic acids is 1. The van der Waals surface area contributed by atoms with Crippen LogP contribution in [0.15, 0.2) is 59.6 Å². The van der Waals surface area contributed by atoms with E-state index in [1.807, 2.05) is 55.9 Å². The first kappa shape index (κ1) is 29.4. The molecule has 1 aliphatic rings. The second kappa shape index (κ2) is 14.7. The summed E-state index contributed by atoms with van der Waals surface area (Å²) < 4.78 is 31.6. The molecule has 0 bridgehead atoms. The van der Waals surface area contributed by atoms with E-state index in [9.17, 15) is 9.59 Å². The van der Waals surface area contributed by atoms with Crippen molar-refractivity contribution in [3.63, 3.8) is 0 Å². The van der Waals surface area contributed by atoms with E-state index in [2.05, 4.69) is 6.58 Å². The van der Waals surface area contributed by atoms with Gasteiger partial charge in [0.15, 0.2) is 0 Å². The fraction of sp³-hybridized carbons (Fsp3) is 0.500. The lowest BCUT2D eigenvalue weighted by Gasteiger charge is -2.36. The van der Waals surface area contributed by atoms with Crippen molar-refractivity contribution < 1.29 is 33.6 Å². The molecule has 1 N–H and O–H groups in total. The van der Waals surface area contributed by atoms with Crippen LogP contribution in [0.1, 0.15) is 30.5 Å². The highest BCUT2D eigenvalue weighted by molar-refractivity contribution is 5.86. The highest BCUT2D eigenvalue weighted by Gasteiger charge is 2.41. The van der Waals surface area contributed by atoms with Crippen molar-refractivity contribution in [1.82, 2.24) is 9.36 Å². The van der Waals surface area contributed by atoms with Gasteiger partial charge in [-0.05, 0) is 38.5 Å². The van der Waals surface area contributed by atoms with Gasteiger partial charge in [-0.3, -0.25) is 9.48 Å². The lowest BCUT2D eigenvalue weighted by Crippen LogP contribution is -2.39. The Labute approximate surface area is 223 Å². The van der Waals surface area contributed by atoms with Crippen LogP contribution in [0.25, 0.3) is 5.69 Å². The zero-order valence-corrected chi connectivity index (χ0v) is 22.3. The number of aliphatic hydroxyl groups excluding tert-OH is 1. The van der Waals surface area contributed by atoms with Gasteiger partial charge in [-0.2, -0.15) is 0 Å². The second-order valence-corrected chi connectivity index (χ2v) is 8.76. The van der Waals surface area contributed by atoms with Crippen molar-refractivity contribution in [3.05, 3.63) is 76.4 Å². The number of esters is 1. The van der Waals surface area contributed by atoms with Crippen molar-refractivity contribution in [2.24, 2.45) is 13.0 Å². The van der Waals surface area contributed by atoms with E-state index in [0.29, 0.717) is 38.4 Å². The van der Waals surface area contributed by atoms with E-state index in [-0.39, 0.29) is 37.1 Å². The Balaban J connectivity index is 1.99. The molecule has 208 valence electrons. The number of ether oxygens (including phenoxy) is 5. The number of para-hydroxylation sites is 1. The first-order valence-corrected chi connectivity index (χ1v) is 12.8. The summed E-state index contributed by atoms with van der Waals surface area (Å²) >= 11 is 0. The molecule has 1 aromatic heterocycles. The van der Waals surface area contributed by atoms with Crippen LogP contribution in [-0.2, 0) is 35.5 Å². The first-order chi connectivity index (χ1) is 18.4. The Bertz CT molecular complexity index is 1140. The molecular weight excluding hydrogens is 492 g/mol. The smallest absolute Gasteiger partial charge is 0.373 e. The van der Waals surface area contributed by atoms with Gasteiger partial charge in [-0.15, -0.1) is 0 Å². The van der Waals surface area contributed by atoms with Crippen molar-refractivity contribution in [1.29, 1.82) is 0 Å². The number of carbonyl (C=O) groups is 1. The Morgan fingerprint density at radius 1 is 1.16 bits per heavy atom. The summed E-state index contributed by atoms with van der Waals surface area (Å²) in [4.78, 5) is 26.7. The predicted octanol–water partition coefficient (Wildman–Crippen LogP) is 2.61. The van der Waals surface area contributed by atoms with Gasteiger partial charge in [0.1, 0.15) is 6.61 Å². The molecule has 10 nitrogen and oxygen atoms in total. The lowest BCUT2D eigenvalue weighted by molar-refractivity contribution is -0.176. The number of nitrogens with zero attached hydrogens (tertiary/aromatic N) is 2. The number of aromatic nitrogens is 2. The Morgan fingerprint density at radius 3 is 2.53 bits per heavy atom. The third kappa shape index (κ3) is 7.02. The van der Waals surface area contributed by atoms with Crippen LogP contribution >= 0.6 is 0 Å². The third-order valence-corrected chi connectivity index (χ3v) is 6.38. The van der Waals surface area contributed by atoms with E-state index in [4.69, 9.17) is 28.8 Å². The van der Waals surface area contributed by atoms with Gasteiger partial charge in [0.25, 0.3) is 5.56 Å². The zero-order chi connectivity index (χ0) is 27.5. The van der Waals surface area contributed by atoms with Gasteiger partial charge >= 0.3 is 5.97 Å². The van der Waals surface area contributed by atoms with Gasteiger partial charge in [-0.25, -0.2) is 9.48 Å². The summed E-state index contributed by atoms with van der Waals surface area (Å²) in [6, 6.07) is 9.39. The molecule has 0 fully saturated rings. The molecule has 0 saturated carbocycles. The quantitative estimate of drug-likeness (QED) is 0.213. The van der Waals surface area contributed by atoms with Gasteiger partial charge in [-0.1, -0.05) is 30.9 Å². The maximum Gasteiger partial charge on any atom is 0.373 e. The van der Waals surface area contributed by atoms with Crippen LogP contribution in [-0.4, -0.2) is 73.0 Å². The molecule has 0 saturated heterocycles. The van der Waals surface area contributed by atoms with Crippen LogP contribution in [0, 0.1) is 12.8 Å². The molecule has 0 radical (unpaired) electrons. The van der Waals surface area contributed by atoms with E-state index in [1.54, 1.807) is 10.8 Å². The number of rotatable bonds is 15. The SMILES string of the molecule is C=CCOC(=O)C1=C[C@H](c2c(C)n(C)n(-c3ccccc3)c2=O)[C@H](CCOCCOCCO)[C@H](OCC)O1. The summed E-state index contributed by atoms with van der Waals surface area (Å²) in [6.07, 6.45) is 2.85. The van der Waals surface area contributed by atoms with Crippen LogP contribution in [0.2, 0.25) is 0 Å². The van der Waals surface area contributed by atoms with Crippen molar-refractivity contribution in [2.45, 2.75) is 32.5 Å². The Kier molecular flexibility index (Phi) is 11.3. The lowest BCUT2D eigenvalue weighted by atomic mass is 9.81. The van der Waals surface area contributed by atoms with Crippen LogP contribution in [0.4, 0.5) is 0 Å². The molecule has 1 aromatic carbocycles. The third-order valence-electron chi connectivity index (χ3n) is 6.38. The Morgan fingerprint density at radius 2 is 1.87 bits per heavy atom. The highest BCUT2D eigenvalue weighted by atomic mass is 16.7. The summed E-state index contributed by atoms with van der Waals surface area (Å²) in [5.41, 5.74) is 1.87. The zero-order valence-electron chi connectivity index (χ0n) is 22.3. The molecule has 0 unspecified atom stereocenters. The maximum absolute atomic E-state index is 13.9. The Hall–Kier alpha value is -3.18. The molecule has 3 rings (SSSR count). The molecule has 0 spiro atoms. The molecule has 0 amide bonds. The monoisotopic (exact) mass is 530 g/mol. The van der Waals surface area contributed by atoms with Gasteiger partial charge in [0.2, 0.25) is 12.0 Å². The van der Waals surface area contributed by atoms with Crippen molar-refractivity contribution in [2.75, 3.05) is 46.2 Å². The van der Waals surface area contributed by atoms with Crippen molar-refractivity contribution in [3.8, 4) is 5.69 Å². The summed E-state index contributed by atoms with van der Waals surface area (Å²) in [5.74, 6) is -1.46. The standard InChI is InChI=1S/C28H38N2O8/c1-5-14-37-27(33)24-19-23(22(28(38-24)36-6-2)12-15-34-17-18-35-16-13-31)25-20(3)29(4)30(26(25)32)21-10-8-7-9-11-21/h5,7-11,19,22-23,28,31H,1,6,12-18H2,2-4H3/t22-,23-,28+/m0/s1. The van der Waals surface area contributed by atoms with Crippen LogP contribution in [0.3, 0.4) is 0 Å². The van der Waals surface area contributed by atoms with Crippen LogP contribution in [0.5, 0.6) is 0 Å². The topological polar surface area (TPSA) is 110 Å². The number of allylic oxidation sites excluding steroid dienone is 1. The van der Waals surface area contributed by atoms with E-state index < -0.39 is 18.2 Å². The van der Waals surface area contributed by atoms with E-state index in [0.717, 1.165) is 11.4 Å². The first-order valence-electron chi connectivity index (χ1n) is 12.8. The van der Waals surface area contributed by atoms with Gasteiger partial charge < -0.3 is 28.8 Å². The predicted molar refractivity (Wildman–Crippen MR) is 141 cm³/mol. The molecule has 2 aromatic rings. The minimum atomic E-state index is -0.792. The molecule has 1 aliphatic heterocycles. The highest BCUT2D eigenvalue weighted by Crippen LogP contribution is 2.39. The van der Waals surface area contributed by atoms with Gasteiger partial charge in [0.05, 0.1) is 32.1 Å². The van der Waals surface area contributed by atoms with E-state index in [1.165, 1.54) is 6.08 Å². The molecule has 38 heavy (non-hydrogen) atoms. The molecule has 3 atom stereocenters. The number of hydrogen-bond acceptors (Lipinski definition) is 8. The average molecular weight is 531 g/mol. The van der Waals surface area contributed by atoms with Crippen molar-refractivity contribution >= 4 is 5.97 Å².